The molecule has 1 aromatic rings. The Morgan fingerprint density at radius 1 is 1.53 bits per heavy atom. The third-order valence-electron chi connectivity index (χ3n) is 2.05. The number of hydrogen-bond acceptors (Lipinski definition) is 4. The summed E-state index contributed by atoms with van der Waals surface area (Å²) in [6.45, 7) is 4.51. The highest BCUT2D eigenvalue weighted by atomic mass is 15.2. The lowest BCUT2D eigenvalue weighted by Gasteiger charge is -2.17. The number of rotatable bonds is 5. The number of allylic oxidation sites excluding steroid dienone is 1. The monoisotopic (exact) mass is 202 g/mol. The fraction of sp³-hybridized carbons (Fsp3) is 0.364. The molecule has 0 radical (unpaired) electrons. The molecule has 0 aliphatic heterocycles. The zero-order valence-corrected chi connectivity index (χ0v) is 8.85. The van der Waals surface area contributed by atoms with Crippen LogP contribution in [-0.2, 0) is 0 Å². The Morgan fingerprint density at radius 3 is 2.93 bits per heavy atom. The Bertz CT molecular complexity index is 367. The van der Waals surface area contributed by atoms with Crippen molar-refractivity contribution in [2.45, 2.75) is 12.8 Å². The number of nitriles is 1. The topological polar surface area (TPSA) is 52.8 Å². The molecule has 4 heteroatoms. The van der Waals surface area contributed by atoms with Crippen LogP contribution in [-0.4, -0.2) is 23.6 Å². The molecule has 15 heavy (non-hydrogen) atoms. The highest BCUT2D eigenvalue weighted by Gasteiger charge is 2.08. The third-order valence-corrected chi connectivity index (χ3v) is 2.05. The first-order valence-corrected chi connectivity index (χ1v) is 4.82. The Kier molecular flexibility index (Phi) is 4.30. The summed E-state index contributed by atoms with van der Waals surface area (Å²) in [5.41, 5.74) is 0.374. The maximum Gasteiger partial charge on any atom is 0.183 e. The van der Waals surface area contributed by atoms with Crippen LogP contribution in [0.25, 0.3) is 0 Å². The van der Waals surface area contributed by atoms with Gasteiger partial charge in [-0.05, 0) is 12.8 Å². The fourth-order valence-corrected chi connectivity index (χ4v) is 1.27. The highest BCUT2D eigenvalue weighted by molar-refractivity contribution is 5.48. The SMILES string of the molecule is C=CCCCN(C)c1nccnc1C#N. The molecule has 0 aromatic carbocycles. The molecule has 0 unspecified atom stereocenters. The van der Waals surface area contributed by atoms with Crippen molar-refractivity contribution in [3.05, 3.63) is 30.7 Å². The van der Waals surface area contributed by atoms with Gasteiger partial charge in [0, 0.05) is 26.0 Å². The van der Waals surface area contributed by atoms with E-state index in [9.17, 15) is 0 Å². The molecule has 0 saturated carbocycles. The normalized spacial score (nSPS) is 9.33. The minimum Gasteiger partial charge on any atom is -0.357 e. The van der Waals surface area contributed by atoms with Crippen LogP contribution in [0.1, 0.15) is 18.5 Å². The molecular formula is C11H14N4. The number of anilines is 1. The predicted molar refractivity (Wildman–Crippen MR) is 59.4 cm³/mol. The highest BCUT2D eigenvalue weighted by Crippen LogP contribution is 2.12. The van der Waals surface area contributed by atoms with Crippen LogP contribution in [0.2, 0.25) is 0 Å². The lowest BCUT2D eigenvalue weighted by molar-refractivity contribution is 0.788. The van der Waals surface area contributed by atoms with Gasteiger partial charge in [0.2, 0.25) is 0 Å². The smallest absolute Gasteiger partial charge is 0.183 e. The van der Waals surface area contributed by atoms with Crippen LogP contribution in [0, 0.1) is 11.3 Å². The summed E-state index contributed by atoms with van der Waals surface area (Å²) in [6.07, 6.45) is 6.98. The fourth-order valence-electron chi connectivity index (χ4n) is 1.27. The Balaban J connectivity index is 2.69. The standard InChI is InChI=1S/C11H14N4/c1-3-4-5-8-15(2)11-10(9-12)13-6-7-14-11/h3,6-7H,1,4-5,8H2,2H3. The second-order valence-electron chi connectivity index (χ2n) is 3.19. The summed E-state index contributed by atoms with van der Waals surface area (Å²) in [6, 6.07) is 2.03. The van der Waals surface area contributed by atoms with Gasteiger partial charge in [0.15, 0.2) is 11.5 Å². The average Bonchev–Trinajstić information content (AvgIpc) is 2.29. The van der Waals surface area contributed by atoms with Crippen molar-refractivity contribution in [2.24, 2.45) is 0 Å². The summed E-state index contributed by atoms with van der Waals surface area (Å²) >= 11 is 0. The van der Waals surface area contributed by atoms with Crippen LogP contribution < -0.4 is 4.90 Å². The largest absolute Gasteiger partial charge is 0.357 e. The first-order valence-electron chi connectivity index (χ1n) is 4.82. The summed E-state index contributed by atoms with van der Waals surface area (Å²) in [5.74, 6) is 0.643. The lowest BCUT2D eigenvalue weighted by atomic mass is 10.3. The molecule has 78 valence electrons. The van der Waals surface area contributed by atoms with Crippen molar-refractivity contribution in [1.82, 2.24) is 9.97 Å². The van der Waals surface area contributed by atoms with Crippen molar-refractivity contribution < 1.29 is 0 Å². The van der Waals surface area contributed by atoms with E-state index in [0.717, 1.165) is 19.4 Å². The van der Waals surface area contributed by atoms with E-state index in [1.165, 1.54) is 6.20 Å². The minimum atomic E-state index is 0.374. The lowest BCUT2D eigenvalue weighted by Crippen LogP contribution is -2.21. The zero-order chi connectivity index (χ0) is 11.1. The molecule has 0 amide bonds. The molecule has 0 atom stereocenters. The van der Waals surface area contributed by atoms with Crippen molar-refractivity contribution in [3.8, 4) is 6.07 Å². The van der Waals surface area contributed by atoms with Crippen LogP contribution in [0.5, 0.6) is 0 Å². The molecule has 0 bridgehead atoms. The third kappa shape index (κ3) is 3.06. The molecule has 1 aromatic heterocycles. The van der Waals surface area contributed by atoms with E-state index in [-0.39, 0.29) is 0 Å². The molecular weight excluding hydrogens is 188 g/mol. The molecule has 4 nitrogen and oxygen atoms in total. The molecule has 0 fully saturated rings. The minimum absolute atomic E-state index is 0.374. The Hall–Kier alpha value is -1.89. The van der Waals surface area contributed by atoms with Crippen LogP contribution in [0.3, 0.4) is 0 Å². The Morgan fingerprint density at radius 2 is 2.27 bits per heavy atom. The molecule has 0 N–H and O–H groups in total. The van der Waals surface area contributed by atoms with Gasteiger partial charge in [-0.2, -0.15) is 5.26 Å². The maximum absolute atomic E-state index is 8.84. The average molecular weight is 202 g/mol. The summed E-state index contributed by atoms with van der Waals surface area (Å²) in [4.78, 5) is 10.0. The molecule has 0 spiro atoms. The quantitative estimate of drug-likeness (QED) is 0.539. The summed E-state index contributed by atoms with van der Waals surface area (Å²) < 4.78 is 0. The van der Waals surface area contributed by atoms with Gasteiger partial charge >= 0.3 is 0 Å². The molecule has 1 heterocycles. The van der Waals surface area contributed by atoms with Gasteiger partial charge in [-0.15, -0.1) is 6.58 Å². The summed E-state index contributed by atoms with van der Waals surface area (Å²) in [7, 11) is 1.91. The number of nitrogens with zero attached hydrogens (tertiary/aromatic N) is 4. The van der Waals surface area contributed by atoms with E-state index in [4.69, 9.17) is 5.26 Å². The van der Waals surface area contributed by atoms with Crippen LogP contribution >= 0.6 is 0 Å². The van der Waals surface area contributed by atoms with E-state index in [1.54, 1.807) is 6.20 Å². The van der Waals surface area contributed by atoms with E-state index in [2.05, 4.69) is 16.5 Å². The predicted octanol–water partition coefficient (Wildman–Crippen LogP) is 1.75. The van der Waals surface area contributed by atoms with Gasteiger partial charge in [-0.3, -0.25) is 0 Å². The van der Waals surface area contributed by atoms with Crippen molar-refractivity contribution in [1.29, 1.82) is 5.26 Å². The van der Waals surface area contributed by atoms with Crippen LogP contribution in [0.15, 0.2) is 25.0 Å². The van der Waals surface area contributed by atoms with E-state index in [1.807, 2.05) is 24.1 Å². The number of hydrogen-bond donors (Lipinski definition) is 0. The first-order chi connectivity index (χ1) is 7.29. The van der Waals surface area contributed by atoms with Gasteiger partial charge in [0.25, 0.3) is 0 Å². The van der Waals surface area contributed by atoms with Gasteiger partial charge < -0.3 is 4.90 Å². The number of aromatic nitrogens is 2. The molecule has 0 saturated heterocycles. The van der Waals surface area contributed by atoms with Gasteiger partial charge in [-0.1, -0.05) is 6.08 Å². The molecule has 0 aliphatic carbocycles. The molecule has 0 aliphatic rings. The second kappa shape index (κ2) is 5.76. The van der Waals surface area contributed by atoms with E-state index < -0.39 is 0 Å². The number of unbranched alkanes of at least 4 members (excludes halogenated alkanes) is 1. The van der Waals surface area contributed by atoms with E-state index >= 15 is 0 Å². The maximum atomic E-state index is 8.84. The van der Waals surface area contributed by atoms with Gasteiger partial charge in [-0.25, -0.2) is 9.97 Å². The summed E-state index contributed by atoms with van der Waals surface area (Å²) in [5, 5.41) is 8.84. The second-order valence-corrected chi connectivity index (χ2v) is 3.19. The van der Waals surface area contributed by atoms with Gasteiger partial charge in [0.05, 0.1) is 0 Å². The van der Waals surface area contributed by atoms with Crippen molar-refractivity contribution in [3.63, 3.8) is 0 Å². The zero-order valence-electron chi connectivity index (χ0n) is 8.85. The molecule has 1 rings (SSSR count). The van der Waals surface area contributed by atoms with Gasteiger partial charge in [0.1, 0.15) is 6.07 Å². The Labute approximate surface area is 89.9 Å². The van der Waals surface area contributed by atoms with Crippen molar-refractivity contribution >= 4 is 5.82 Å². The van der Waals surface area contributed by atoms with Crippen molar-refractivity contribution in [2.75, 3.05) is 18.5 Å². The van der Waals surface area contributed by atoms with Crippen LogP contribution in [0.4, 0.5) is 5.82 Å². The van der Waals surface area contributed by atoms with E-state index in [0.29, 0.717) is 11.5 Å². The first kappa shape index (κ1) is 11.2.